The number of hydrogen-bond acceptors (Lipinski definition) is 8. The van der Waals surface area contributed by atoms with E-state index in [0.29, 0.717) is 19.4 Å². The maximum absolute atomic E-state index is 10.2. The number of aliphatic hydroxyl groups excluding tert-OH is 1. The molecule has 0 unspecified atom stereocenters. The quantitative estimate of drug-likeness (QED) is 0.0615. The van der Waals surface area contributed by atoms with Crippen molar-refractivity contribution in [3.05, 3.63) is 84.4 Å². The Balaban J connectivity index is -0.0000000631. The van der Waals surface area contributed by atoms with Crippen molar-refractivity contribution in [1.29, 1.82) is 0 Å². The van der Waals surface area contributed by atoms with Crippen molar-refractivity contribution in [2.45, 2.75) is 55.4 Å². The second-order valence-corrected chi connectivity index (χ2v) is 5.21. The third-order valence-corrected chi connectivity index (χ3v) is 3.40. The molecule has 0 radical (unpaired) electrons. The highest BCUT2D eigenvalue weighted by atomic mass is 17.1. The van der Waals surface area contributed by atoms with Crippen LogP contribution in [-0.4, -0.2) is 53.9 Å². The summed E-state index contributed by atoms with van der Waals surface area (Å²) in [6, 6.07) is 12.0. The summed E-state index contributed by atoms with van der Waals surface area (Å²) in [5, 5.41) is 16.4. The minimum atomic E-state index is 0. The van der Waals surface area contributed by atoms with Gasteiger partial charge in [0.15, 0.2) is 6.29 Å². The zero-order valence-corrected chi connectivity index (χ0v) is 22.8. The SMILES string of the molecule is C.C=C/C(=C\C=C/OO)CCO.CC.CC.CCN(CN)/C(C)=C(\N)C=O.CN.O.c1ccccc1. The van der Waals surface area contributed by atoms with Crippen LogP contribution in [-0.2, 0) is 9.68 Å². The topological polar surface area (TPSA) is 180 Å². The van der Waals surface area contributed by atoms with Crippen molar-refractivity contribution in [3.63, 3.8) is 0 Å². The molecule has 1 aromatic rings. The molecule has 0 fully saturated rings. The third-order valence-electron chi connectivity index (χ3n) is 3.40. The average molecular weight is 517 g/mol. The van der Waals surface area contributed by atoms with E-state index in [1.165, 1.54) is 13.1 Å². The van der Waals surface area contributed by atoms with Crippen LogP contribution in [0.25, 0.3) is 0 Å². The molecule has 10 N–H and O–H groups in total. The van der Waals surface area contributed by atoms with Crippen molar-refractivity contribution < 1.29 is 25.5 Å². The summed E-state index contributed by atoms with van der Waals surface area (Å²) < 4.78 is 0. The minimum Gasteiger partial charge on any atom is -0.412 e. The lowest BCUT2D eigenvalue weighted by atomic mass is 10.2. The highest BCUT2D eigenvalue weighted by Crippen LogP contribution is 2.02. The highest BCUT2D eigenvalue weighted by Gasteiger charge is 2.03. The Bertz CT molecular complexity index is 577. The van der Waals surface area contributed by atoms with Crippen LogP contribution in [0.2, 0.25) is 0 Å². The Morgan fingerprint density at radius 2 is 1.47 bits per heavy atom. The van der Waals surface area contributed by atoms with Gasteiger partial charge in [-0.2, -0.15) is 0 Å². The van der Waals surface area contributed by atoms with E-state index in [4.69, 9.17) is 21.8 Å². The van der Waals surface area contributed by atoms with E-state index >= 15 is 0 Å². The summed E-state index contributed by atoms with van der Waals surface area (Å²) in [6.07, 6.45) is 7.16. The number of rotatable bonds is 9. The first kappa shape index (κ1) is 50.0. The molecule has 0 aliphatic heterocycles. The number of nitrogens with two attached hydrogens (primary N) is 3. The molecular formula is C27H56N4O5. The van der Waals surface area contributed by atoms with Crippen LogP contribution >= 0.6 is 0 Å². The fourth-order valence-electron chi connectivity index (χ4n) is 1.74. The maximum atomic E-state index is 10.2. The summed E-state index contributed by atoms with van der Waals surface area (Å²) in [7, 11) is 1.50. The molecule has 0 heterocycles. The predicted octanol–water partition coefficient (Wildman–Crippen LogP) is 4.22. The monoisotopic (exact) mass is 516 g/mol. The lowest BCUT2D eigenvalue weighted by Crippen LogP contribution is -2.30. The average Bonchev–Trinajstić information content (AvgIpc) is 2.93. The summed E-state index contributed by atoms with van der Waals surface area (Å²) in [5.41, 5.74) is 17.2. The molecule has 9 heteroatoms. The maximum Gasteiger partial charge on any atom is 0.167 e. The minimum absolute atomic E-state index is 0. The molecule has 9 nitrogen and oxygen atoms in total. The summed E-state index contributed by atoms with van der Waals surface area (Å²) in [4.78, 5) is 15.7. The number of carbonyl (C=O) groups excluding carboxylic acids is 1. The Morgan fingerprint density at radius 3 is 1.72 bits per heavy atom. The van der Waals surface area contributed by atoms with Crippen LogP contribution in [0, 0.1) is 0 Å². The lowest BCUT2D eigenvalue weighted by molar-refractivity contribution is -0.186. The Morgan fingerprint density at radius 1 is 1.06 bits per heavy atom. The standard InChI is InChI=1S/C8H12O3.C7H15N3O.C6H6.2C2H6.CH5N.CH4.H2O/c1-2-8(5-6-9)4-3-7-11-10;1-3-10(5-8)6(2)7(9)4-11;1-2-4-6-5-3-1;3*1-2;;/h2-4,7,9-10H,1,5-6H2;4H,3,5,8-9H2,1-2H3;1-6H;2*1-2H3;2H2,1H3;1H4;1H2/b7-3-,8-4+;7-6-;;;;;;. The molecule has 36 heavy (non-hydrogen) atoms. The molecule has 214 valence electrons. The van der Waals surface area contributed by atoms with Gasteiger partial charge in [-0.15, -0.1) is 0 Å². The first-order valence-electron chi connectivity index (χ1n) is 11.4. The van der Waals surface area contributed by atoms with E-state index < -0.39 is 0 Å². The van der Waals surface area contributed by atoms with Crippen molar-refractivity contribution in [2.75, 3.05) is 26.9 Å². The van der Waals surface area contributed by atoms with E-state index in [0.717, 1.165) is 24.1 Å². The summed E-state index contributed by atoms with van der Waals surface area (Å²) >= 11 is 0. The van der Waals surface area contributed by atoms with Gasteiger partial charge in [0, 0.05) is 18.8 Å². The second kappa shape index (κ2) is 49.2. The first-order valence-corrected chi connectivity index (χ1v) is 11.4. The fraction of sp³-hybridized carbons (Fsp3) is 0.444. The van der Waals surface area contributed by atoms with Crippen molar-refractivity contribution in [3.8, 4) is 0 Å². The number of allylic oxidation sites excluding steroid dienone is 5. The molecule has 0 saturated heterocycles. The van der Waals surface area contributed by atoms with Crippen molar-refractivity contribution in [1.82, 2.24) is 4.90 Å². The molecule has 1 aromatic carbocycles. The molecule has 0 atom stereocenters. The van der Waals surface area contributed by atoms with E-state index in [-0.39, 0.29) is 25.2 Å². The summed E-state index contributed by atoms with van der Waals surface area (Å²) in [5.74, 6) is 0. The number of aldehydes is 1. The van der Waals surface area contributed by atoms with Gasteiger partial charge in [-0.1, -0.05) is 90.3 Å². The lowest BCUT2D eigenvalue weighted by Gasteiger charge is -2.21. The highest BCUT2D eigenvalue weighted by molar-refractivity contribution is 5.72. The molecule has 1 rings (SSSR count). The van der Waals surface area contributed by atoms with Gasteiger partial charge in [0.05, 0.1) is 12.4 Å². The van der Waals surface area contributed by atoms with E-state index in [1.807, 2.05) is 75.9 Å². The van der Waals surface area contributed by atoms with Crippen LogP contribution in [0.15, 0.2) is 84.4 Å². The zero-order valence-electron chi connectivity index (χ0n) is 22.8. The molecule has 0 aliphatic rings. The fourth-order valence-corrected chi connectivity index (χ4v) is 1.74. The van der Waals surface area contributed by atoms with Crippen molar-refractivity contribution >= 4 is 6.29 Å². The van der Waals surface area contributed by atoms with E-state index in [2.05, 4.69) is 17.2 Å². The van der Waals surface area contributed by atoms with Gasteiger partial charge < -0.3 is 37.6 Å². The van der Waals surface area contributed by atoms with E-state index in [9.17, 15) is 4.79 Å². The number of carbonyl (C=O) groups is 1. The molecule has 0 bridgehead atoms. The Labute approximate surface area is 220 Å². The van der Waals surface area contributed by atoms with Crippen LogP contribution in [0.5, 0.6) is 0 Å². The van der Waals surface area contributed by atoms with E-state index in [1.54, 1.807) is 19.1 Å². The molecule has 0 spiro atoms. The smallest absolute Gasteiger partial charge is 0.167 e. The number of hydrogen-bond donors (Lipinski definition) is 5. The Kier molecular flexibility index (Phi) is 68.4. The van der Waals surface area contributed by atoms with Crippen LogP contribution < -0.4 is 17.2 Å². The molecule has 0 aromatic heterocycles. The summed E-state index contributed by atoms with van der Waals surface area (Å²) in [6.45, 7) is 16.5. The van der Waals surface area contributed by atoms with Gasteiger partial charge in [-0.25, -0.2) is 5.26 Å². The zero-order chi connectivity index (χ0) is 27.6. The number of benzene rings is 1. The molecule has 0 amide bonds. The van der Waals surface area contributed by atoms with Gasteiger partial charge in [0.25, 0.3) is 0 Å². The van der Waals surface area contributed by atoms with Gasteiger partial charge in [-0.05, 0) is 39.0 Å². The van der Waals surface area contributed by atoms with Crippen LogP contribution in [0.3, 0.4) is 0 Å². The Hall–Kier alpha value is -2.95. The number of aliphatic hydroxyl groups is 1. The van der Waals surface area contributed by atoms with Gasteiger partial charge in [0.2, 0.25) is 0 Å². The predicted molar refractivity (Wildman–Crippen MR) is 157 cm³/mol. The van der Waals surface area contributed by atoms with Crippen LogP contribution in [0.4, 0.5) is 0 Å². The first-order chi connectivity index (χ1) is 16.5. The molecule has 0 saturated carbocycles. The largest absolute Gasteiger partial charge is 0.412 e. The van der Waals surface area contributed by atoms with Crippen molar-refractivity contribution in [2.24, 2.45) is 17.2 Å². The molecule has 0 aliphatic carbocycles. The van der Waals surface area contributed by atoms with Gasteiger partial charge >= 0.3 is 0 Å². The van der Waals surface area contributed by atoms with Gasteiger partial charge in [0.1, 0.15) is 6.26 Å². The second-order valence-electron chi connectivity index (χ2n) is 5.21. The van der Waals surface area contributed by atoms with Gasteiger partial charge in [-0.3, -0.25) is 4.79 Å². The van der Waals surface area contributed by atoms with Crippen LogP contribution in [0.1, 0.15) is 55.4 Å². The molecular weight excluding hydrogens is 460 g/mol. The third kappa shape index (κ3) is 38.3. The normalized spacial score (nSPS) is 9.25. The number of nitrogens with zero attached hydrogens (tertiary/aromatic N) is 1.